The summed E-state index contributed by atoms with van der Waals surface area (Å²) in [5.41, 5.74) is 0.466. The molecular weight excluding hydrogens is 222 g/mol. The Bertz CT molecular complexity index is 588. The van der Waals surface area contributed by atoms with E-state index in [4.69, 9.17) is 5.26 Å². The van der Waals surface area contributed by atoms with Gasteiger partial charge in [0.05, 0.1) is 18.2 Å². The molecule has 17 heavy (non-hydrogen) atoms. The maximum Gasteiger partial charge on any atom is 0.149 e. The summed E-state index contributed by atoms with van der Waals surface area (Å²) in [5.74, 6) is -1.13. The van der Waals surface area contributed by atoms with Crippen molar-refractivity contribution in [3.8, 4) is 17.3 Å². The lowest BCUT2D eigenvalue weighted by Crippen LogP contribution is -1.96. The van der Waals surface area contributed by atoms with Crippen molar-refractivity contribution in [3.05, 3.63) is 53.7 Å². The predicted molar refractivity (Wildman–Crippen MR) is 58.9 cm³/mol. The first-order valence-corrected chi connectivity index (χ1v) is 4.99. The van der Waals surface area contributed by atoms with E-state index in [9.17, 15) is 8.78 Å². The van der Waals surface area contributed by atoms with Crippen LogP contribution in [0.2, 0.25) is 0 Å². The highest BCUT2D eigenvalue weighted by Crippen LogP contribution is 2.23. The minimum Gasteiger partial charge on any atom is -0.249 e. The summed E-state index contributed by atoms with van der Waals surface area (Å²) in [6.07, 6.45) is 0.0712. The Morgan fingerprint density at radius 2 is 1.82 bits per heavy atom. The zero-order valence-corrected chi connectivity index (χ0v) is 8.82. The van der Waals surface area contributed by atoms with Gasteiger partial charge >= 0.3 is 0 Å². The Morgan fingerprint density at radius 1 is 1.06 bits per heavy atom. The van der Waals surface area contributed by atoms with Crippen LogP contribution in [0.3, 0.4) is 0 Å². The average Bonchev–Trinajstić information content (AvgIpc) is 2.33. The van der Waals surface area contributed by atoms with Crippen molar-refractivity contribution >= 4 is 0 Å². The monoisotopic (exact) mass is 230 g/mol. The van der Waals surface area contributed by atoms with E-state index < -0.39 is 11.6 Å². The van der Waals surface area contributed by atoms with Crippen molar-refractivity contribution in [3.63, 3.8) is 0 Å². The van der Waals surface area contributed by atoms with E-state index in [2.05, 4.69) is 4.98 Å². The third kappa shape index (κ3) is 2.28. The molecule has 0 fully saturated rings. The number of hydrogen-bond donors (Lipinski definition) is 0. The summed E-state index contributed by atoms with van der Waals surface area (Å²) < 4.78 is 27.1. The lowest BCUT2D eigenvalue weighted by molar-refractivity contribution is 0.610. The first-order chi connectivity index (χ1) is 8.22. The van der Waals surface area contributed by atoms with Crippen molar-refractivity contribution in [2.24, 2.45) is 0 Å². The van der Waals surface area contributed by atoms with Gasteiger partial charge in [-0.1, -0.05) is 12.1 Å². The molecule has 0 aliphatic carbocycles. The Labute approximate surface area is 97.2 Å². The fourth-order valence-electron chi connectivity index (χ4n) is 1.50. The van der Waals surface area contributed by atoms with Crippen molar-refractivity contribution in [2.45, 2.75) is 6.42 Å². The molecule has 2 aromatic rings. The summed E-state index contributed by atoms with van der Waals surface area (Å²) in [4.78, 5) is 3.96. The SMILES string of the molecule is N#CCc1ccc(F)c(-c2ccccc2F)n1. The van der Waals surface area contributed by atoms with Gasteiger partial charge in [0.1, 0.15) is 17.3 Å². The zero-order chi connectivity index (χ0) is 12.3. The van der Waals surface area contributed by atoms with Crippen LogP contribution in [0.4, 0.5) is 8.78 Å². The fourth-order valence-corrected chi connectivity index (χ4v) is 1.50. The normalized spacial score (nSPS) is 9.94. The maximum absolute atomic E-state index is 13.6. The molecule has 0 amide bonds. The molecule has 0 unspecified atom stereocenters. The molecule has 0 spiro atoms. The van der Waals surface area contributed by atoms with Crippen molar-refractivity contribution in [2.75, 3.05) is 0 Å². The number of benzene rings is 1. The number of aromatic nitrogens is 1. The largest absolute Gasteiger partial charge is 0.249 e. The van der Waals surface area contributed by atoms with Gasteiger partial charge in [-0.25, -0.2) is 13.8 Å². The molecular formula is C13H8F2N2. The Morgan fingerprint density at radius 3 is 2.53 bits per heavy atom. The zero-order valence-electron chi connectivity index (χ0n) is 8.82. The minimum absolute atomic E-state index is 0.0594. The summed E-state index contributed by atoms with van der Waals surface area (Å²) in [7, 11) is 0. The topological polar surface area (TPSA) is 36.7 Å². The third-order valence-corrected chi connectivity index (χ3v) is 2.29. The van der Waals surface area contributed by atoms with Crippen LogP contribution in [0.1, 0.15) is 5.69 Å². The van der Waals surface area contributed by atoms with E-state index in [-0.39, 0.29) is 17.7 Å². The molecule has 0 bridgehead atoms. The Balaban J connectivity index is 2.55. The highest BCUT2D eigenvalue weighted by atomic mass is 19.1. The molecule has 1 aromatic carbocycles. The number of nitriles is 1. The summed E-state index contributed by atoms with van der Waals surface area (Å²) in [6, 6.07) is 10.4. The van der Waals surface area contributed by atoms with Gasteiger partial charge in [0.15, 0.2) is 0 Å². The number of rotatable bonds is 2. The van der Waals surface area contributed by atoms with Crippen LogP contribution >= 0.6 is 0 Å². The van der Waals surface area contributed by atoms with Crippen molar-refractivity contribution < 1.29 is 8.78 Å². The van der Waals surface area contributed by atoms with Crippen LogP contribution < -0.4 is 0 Å². The molecule has 0 N–H and O–H groups in total. The lowest BCUT2D eigenvalue weighted by Gasteiger charge is -2.05. The summed E-state index contributed by atoms with van der Waals surface area (Å²) in [6.45, 7) is 0. The number of pyridine rings is 1. The summed E-state index contributed by atoms with van der Waals surface area (Å²) >= 11 is 0. The molecule has 0 saturated carbocycles. The van der Waals surface area contributed by atoms with Gasteiger partial charge in [0.2, 0.25) is 0 Å². The number of nitrogens with zero attached hydrogens (tertiary/aromatic N) is 2. The van der Waals surface area contributed by atoms with E-state index in [1.807, 2.05) is 6.07 Å². The fraction of sp³-hybridized carbons (Fsp3) is 0.0769. The summed E-state index contributed by atoms with van der Waals surface area (Å²) in [5, 5.41) is 8.55. The second-order valence-electron chi connectivity index (χ2n) is 3.45. The standard InChI is InChI=1S/C13H8F2N2/c14-11-4-2-1-3-10(11)13-12(15)6-5-9(17-13)7-8-16/h1-6H,7H2. The molecule has 1 heterocycles. The Hall–Kier alpha value is -2.28. The van der Waals surface area contributed by atoms with E-state index in [1.54, 1.807) is 6.07 Å². The van der Waals surface area contributed by atoms with Gasteiger partial charge in [-0.2, -0.15) is 5.26 Å². The molecule has 2 rings (SSSR count). The van der Waals surface area contributed by atoms with Gasteiger partial charge in [0, 0.05) is 5.56 Å². The molecule has 2 nitrogen and oxygen atoms in total. The van der Waals surface area contributed by atoms with E-state index in [1.165, 1.54) is 30.3 Å². The number of hydrogen-bond acceptors (Lipinski definition) is 2. The second-order valence-corrected chi connectivity index (χ2v) is 3.45. The molecule has 84 valence electrons. The highest BCUT2D eigenvalue weighted by Gasteiger charge is 2.11. The molecule has 0 saturated heterocycles. The number of halogens is 2. The maximum atomic E-state index is 13.6. The van der Waals surface area contributed by atoms with Crippen LogP contribution in [0.25, 0.3) is 11.3 Å². The van der Waals surface area contributed by atoms with Crippen LogP contribution in [0.5, 0.6) is 0 Å². The first kappa shape index (κ1) is 11.2. The van der Waals surface area contributed by atoms with Crippen LogP contribution in [0, 0.1) is 23.0 Å². The molecule has 0 aliphatic heterocycles. The van der Waals surface area contributed by atoms with Crippen LogP contribution in [-0.4, -0.2) is 4.98 Å². The van der Waals surface area contributed by atoms with E-state index in [0.29, 0.717) is 5.69 Å². The third-order valence-electron chi connectivity index (χ3n) is 2.29. The van der Waals surface area contributed by atoms with Crippen molar-refractivity contribution in [1.82, 2.24) is 4.98 Å². The minimum atomic E-state index is -0.600. The van der Waals surface area contributed by atoms with Gasteiger partial charge < -0.3 is 0 Å². The second kappa shape index (κ2) is 4.71. The smallest absolute Gasteiger partial charge is 0.149 e. The quantitative estimate of drug-likeness (QED) is 0.794. The van der Waals surface area contributed by atoms with Crippen LogP contribution in [-0.2, 0) is 6.42 Å². The van der Waals surface area contributed by atoms with Gasteiger partial charge in [-0.15, -0.1) is 0 Å². The molecule has 0 aliphatic rings. The Kier molecular flexibility index (Phi) is 3.10. The lowest BCUT2D eigenvalue weighted by atomic mass is 10.1. The van der Waals surface area contributed by atoms with Crippen molar-refractivity contribution in [1.29, 1.82) is 5.26 Å². The van der Waals surface area contributed by atoms with Crippen LogP contribution in [0.15, 0.2) is 36.4 Å². The molecule has 0 atom stereocenters. The van der Waals surface area contributed by atoms with Gasteiger partial charge in [-0.3, -0.25) is 0 Å². The molecule has 1 aromatic heterocycles. The molecule has 4 heteroatoms. The predicted octanol–water partition coefficient (Wildman–Crippen LogP) is 3.09. The van der Waals surface area contributed by atoms with Gasteiger partial charge in [-0.05, 0) is 24.3 Å². The van der Waals surface area contributed by atoms with E-state index >= 15 is 0 Å². The molecule has 0 radical (unpaired) electrons. The first-order valence-electron chi connectivity index (χ1n) is 4.99. The van der Waals surface area contributed by atoms with E-state index in [0.717, 1.165) is 0 Å². The average molecular weight is 230 g/mol. The van der Waals surface area contributed by atoms with Gasteiger partial charge in [0.25, 0.3) is 0 Å². The highest BCUT2D eigenvalue weighted by molar-refractivity contribution is 5.60.